The Labute approximate surface area is 177 Å². The van der Waals surface area contributed by atoms with Crippen LogP contribution in [0, 0.1) is 0 Å². The molecule has 1 saturated heterocycles. The second kappa shape index (κ2) is 10.5. The highest BCUT2D eigenvalue weighted by Gasteiger charge is 2.19. The van der Waals surface area contributed by atoms with Gasteiger partial charge in [0.25, 0.3) is 0 Å². The van der Waals surface area contributed by atoms with Gasteiger partial charge in [0.1, 0.15) is 11.5 Å². The molecule has 1 aliphatic heterocycles. The Morgan fingerprint density at radius 2 is 1.69 bits per heavy atom. The number of nitrogens with one attached hydrogen (secondary N) is 1. The Kier molecular flexibility index (Phi) is 7.75. The van der Waals surface area contributed by atoms with Crippen molar-refractivity contribution in [2.75, 3.05) is 52.3 Å². The fraction of sp³-hybridized carbons (Fsp3) is 0.409. The number of ether oxygens (including phenoxy) is 2. The van der Waals surface area contributed by atoms with E-state index in [0.29, 0.717) is 11.4 Å². The predicted molar refractivity (Wildman–Crippen MR) is 116 cm³/mol. The molecule has 6 nitrogen and oxygen atoms in total. The second-order valence-corrected chi connectivity index (χ2v) is 7.54. The highest BCUT2D eigenvalue weighted by molar-refractivity contribution is 6.30. The number of hydrogen-bond acceptors (Lipinski definition) is 5. The number of halogens is 1. The number of methoxy groups -OCH3 is 2. The van der Waals surface area contributed by atoms with Crippen LogP contribution >= 0.6 is 11.6 Å². The third-order valence-corrected chi connectivity index (χ3v) is 5.38. The molecule has 7 heteroatoms. The summed E-state index contributed by atoms with van der Waals surface area (Å²) in [6, 6.07) is 13.1. The summed E-state index contributed by atoms with van der Waals surface area (Å²) in [6.45, 7) is 5.39. The quantitative estimate of drug-likeness (QED) is 0.712. The fourth-order valence-electron chi connectivity index (χ4n) is 3.43. The number of rotatable bonds is 8. The molecule has 0 radical (unpaired) electrons. The Balaban J connectivity index is 1.42. The zero-order valence-electron chi connectivity index (χ0n) is 17.0. The minimum atomic E-state index is 0.0240. The highest BCUT2D eigenvalue weighted by atomic mass is 35.5. The average Bonchev–Trinajstić information content (AvgIpc) is 2.75. The van der Waals surface area contributed by atoms with Crippen molar-refractivity contribution in [3.05, 3.63) is 53.1 Å². The van der Waals surface area contributed by atoms with Crippen LogP contribution in [0.3, 0.4) is 0 Å². The SMILES string of the molecule is COc1ccc(OC)c(CN2CCN(CCC(=O)Nc3ccc(Cl)cc3)CC2)c1. The summed E-state index contributed by atoms with van der Waals surface area (Å²) in [4.78, 5) is 16.9. The van der Waals surface area contributed by atoms with Crippen LogP contribution in [0.4, 0.5) is 5.69 Å². The number of hydrogen-bond donors (Lipinski definition) is 1. The van der Waals surface area contributed by atoms with Crippen LogP contribution in [0.2, 0.25) is 5.02 Å². The molecule has 0 aromatic heterocycles. The van der Waals surface area contributed by atoms with Crippen molar-refractivity contribution < 1.29 is 14.3 Å². The van der Waals surface area contributed by atoms with Gasteiger partial charge >= 0.3 is 0 Å². The first-order chi connectivity index (χ1) is 14.1. The molecular formula is C22H28ClN3O3. The largest absolute Gasteiger partial charge is 0.497 e. The van der Waals surface area contributed by atoms with E-state index in [4.69, 9.17) is 21.1 Å². The number of anilines is 1. The normalized spacial score (nSPS) is 15.1. The molecule has 2 aromatic rings. The number of carbonyl (C=O) groups excluding carboxylic acids is 1. The van der Waals surface area contributed by atoms with Crippen LogP contribution in [0.5, 0.6) is 11.5 Å². The van der Waals surface area contributed by atoms with Gasteiger partial charge in [-0.2, -0.15) is 0 Å². The van der Waals surface area contributed by atoms with Gasteiger partial charge in [0.15, 0.2) is 0 Å². The smallest absolute Gasteiger partial charge is 0.225 e. The maximum atomic E-state index is 12.2. The molecule has 0 saturated carbocycles. The van der Waals surface area contributed by atoms with E-state index in [9.17, 15) is 4.79 Å². The molecule has 3 rings (SSSR count). The minimum Gasteiger partial charge on any atom is -0.497 e. The first-order valence-corrected chi connectivity index (χ1v) is 10.2. The molecule has 156 valence electrons. The molecule has 1 amide bonds. The number of benzene rings is 2. The molecule has 0 spiro atoms. The molecule has 0 aliphatic carbocycles. The highest BCUT2D eigenvalue weighted by Crippen LogP contribution is 2.25. The van der Waals surface area contributed by atoms with Crippen molar-refractivity contribution in [3.8, 4) is 11.5 Å². The lowest BCUT2D eigenvalue weighted by molar-refractivity contribution is -0.116. The van der Waals surface area contributed by atoms with Gasteiger partial charge in [0, 0.05) is 62.0 Å². The van der Waals surface area contributed by atoms with Crippen LogP contribution < -0.4 is 14.8 Å². The van der Waals surface area contributed by atoms with E-state index in [1.807, 2.05) is 30.3 Å². The van der Waals surface area contributed by atoms with Crippen LogP contribution in [0.15, 0.2) is 42.5 Å². The zero-order valence-corrected chi connectivity index (χ0v) is 17.7. The topological polar surface area (TPSA) is 54.0 Å². The first kappa shape index (κ1) is 21.4. The number of amides is 1. The summed E-state index contributed by atoms with van der Waals surface area (Å²) >= 11 is 5.87. The summed E-state index contributed by atoms with van der Waals surface area (Å²) in [7, 11) is 3.37. The van der Waals surface area contributed by atoms with Gasteiger partial charge in [0.2, 0.25) is 5.91 Å². The molecule has 1 heterocycles. The molecular weight excluding hydrogens is 390 g/mol. The lowest BCUT2D eigenvalue weighted by atomic mass is 10.1. The third-order valence-electron chi connectivity index (χ3n) is 5.13. The fourth-order valence-corrected chi connectivity index (χ4v) is 3.56. The van der Waals surface area contributed by atoms with E-state index in [1.54, 1.807) is 26.4 Å². The number of nitrogens with zero attached hydrogens (tertiary/aromatic N) is 2. The van der Waals surface area contributed by atoms with Gasteiger partial charge < -0.3 is 19.7 Å². The van der Waals surface area contributed by atoms with Crippen molar-refractivity contribution in [2.24, 2.45) is 0 Å². The number of carbonyl (C=O) groups is 1. The Morgan fingerprint density at radius 3 is 2.34 bits per heavy atom. The monoisotopic (exact) mass is 417 g/mol. The van der Waals surface area contributed by atoms with Crippen LogP contribution in [0.1, 0.15) is 12.0 Å². The van der Waals surface area contributed by atoms with Crippen LogP contribution in [-0.4, -0.2) is 62.7 Å². The Hall–Kier alpha value is -2.28. The maximum Gasteiger partial charge on any atom is 0.225 e. The summed E-state index contributed by atoms with van der Waals surface area (Å²) in [5, 5.41) is 3.57. The summed E-state index contributed by atoms with van der Waals surface area (Å²) in [5.74, 6) is 1.74. The molecule has 0 atom stereocenters. The van der Waals surface area contributed by atoms with Gasteiger partial charge in [-0.05, 0) is 42.5 Å². The van der Waals surface area contributed by atoms with E-state index < -0.39 is 0 Å². The van der Waals surface area contributed by atoms with Crippen molar-refractivity contribution in [1.29, 1.82) is 0 Å². The van der Waals surface area contributed by atoms with Crippen LogP contribution in [0.25, 0.3) is 0 Å². The molecule has 1 fully saturated rings. The van der Waals surface area contributed by atoms with E-state index in [2.05, 4.69) is 15.1 Å². The molecule has 1 N–H and O–H groups in total. The third kappa shape index (κ3) is 6.35. The van der Waals surface area contributed by atoms with Gasteiger partial charge in [-0.25, -0.2) is 0 Å². The van der Waals surface area contributed by atoms with E-state index in [1.165, 1.54) is 0 Å². The average molecular weight is 418 g/mol. The minimum absolute atomic E-state index is 0.0240. The van der Waals surface area contributed by atoms with Gasteiger partial charge in [-0.15, -0.1) is 0 Å². The predicted octanol–water partition coefficient (Wildman–Crippen LogP) is 3.50. The van der Waals surface area contributed by atoms with Gasteiger partial charge in [0.05, 0.1) is 14.2 Å². The Bertz CT molecular complexity index is 805. The summed E-state index contributed by atoms with van der Waals surface area (Å²) < 4.78 is 10.8. The first-order valence-electron chi connectivity index (χ1n) is 9.78. The molecule has 1 aliphatic rings. The van der Waals surface area contributed by atoms with E-state index in [-0.39, 0.29) is 5.91 Å². The zero-order chi connectivity index (χ0) is 20.6. The van der Waals surface area contributed by atoms with E-state index in [0.717, 1.165) is 62.0 Å². The van der Waals surface area contributed by atoms with Gasteiger partial charge in [-0.1, -0.05) is 11.6 Å². The summed E-state index contributed by atoms with van der Waals surface area (Å²) in [5.41, 5.74) is 1.90. The molecule has 2 aromatic carbocycles. The Morgan fingerprint density at radius 1 is 1.00 bits per heavy atom. The molecule has 0 unspecified atom stereocenters. The number of piperazine rings is 1. The van der Waals surface area contributed by atoms with Crippen molar-refractivity contribution in [1.82, 2.24) is 9.80 Å². The van der Waals surface area contributed by atoms with Crippen molar-refractivity contribution >= 4 is 23.2 Å². The lowest BCUT2D eigenvalue weighted by Gasteiger charge is -2.34. The van der Waals surface area contributed by atoms with Crippen molar-refractivity contribution in [2.45, 2.75) is 13.0 Å². The molecule has 0 bridgehead atoms. The second-order valence-electron chi connectivity index (χ2n) is 7.10. The van der Waals surface area contributed by atoms with Crippen LogP contribution in [-0.2, 0) is 11.3 Å². The van der Waals surface area contributed by atoms with Crippen molar-refractivity contribution in [3.63, 3.8) is 0 Å². The van der Waals surface area contributed by atoms with Gasteiger partial charge in [-0.3, -0.25) is 9.69 Å². The molecule has 29 heavy (non-hydrogen) atoms. The van der Waals surface area contributed by atoms with E-state index >= 15 is 0 Å². The standard InChI is InChI=1S/C22H28ClN3O3/c1-28-20-7-8-21(29-2)17(15-20)16-26-13-11-25(12-14-26)10-9-22(27)24-19-5-3-18(23)4-6-19/h3-8,15H,9-14,16H2,1-2H3,(H,24,27). The maximum absolute atomic E-state index is 12.2. The lowest BCUT2D eigenvalue weighted by Crippen LogP contribution is -2.46. The summed E-state index contributed by atoms with van der Waals surface area (Å²) in [6.07, 6.45) is 0.479.